The van der Waals surface area contributed by atoms with E-state index in [-0.39, 0.29) is 43.4 Å². The number of alkyl halides is 3. The third-order valence-electron chi connectivity index (χ3n) is 6.12. The second kappa shape index (κ2) is 14.2. The van der Waals surface area contributed by atoms with Gasteiger partial charge < -0.3 is 15.0 Å². The number of carbonyl (C=O) groups is 2. The zero-order valence-corrected chi connectivity index (χ0v) is 23.4. The van der Waals surface area contributed by atoms with Gasteiger partial charge in [-0.05, 0) is 55.7 Å². The van der Waals surface area contributed by atoms with Crippen LogP contribution in [0, 0.1) is 0 Å². The van der Waals surface area contributed by atoms with Crippen LogP contribution in [0.1, 0.15) is 50.7 Å². The minimum Gasteiger partial charge on any atom is -0.497 e. The second-order valence-corrected chi connectivity index (χ2v) is 11.1. The molecule has 0 aliphatic rings. The quantitative estimate of drug-likeness (QED) is 0.335. The van der Waals surface area contributed by atoms with Crippen LogP contribution < -0.4 is 14.4 Å². The van der Waals surface area contributed by atoms with Gasteiger partial charge in [-0.3, -0.25) is 13.9 Å². The van der Waals surface area contributed by atoms with Crippen molar-refractivity contribution in [3.05, 3.63) is 59.7 Å². The summed E-state index contributed by atoms with van der Waals surface area (Å²) in [7, 11) is -2.40. The summed E-state index contributed by atoms with van der Waals surface area (Å²) in [6.07, 6.45) is -2.13. The normalized spacial score (nSPS) is 12.5. The molecule has 216 valence electrons. The Kier molecular flexibility index (Phi) is 11.6. The fraction of sp³-hybridized carbons (Fsp3) is 0.481. The molecule has 0 saturated carbocycles. The van der Waals surface area contributed by atoms with Gasteiger partial charge in [0.15, 0.2) is 0 Å². The molecule has 0 aliphatic carbocycles. The van der Waals surface area contributed by atoms with E-state index >= 15 is 0 Å². The van der Waals surface area contributed by atoms with Crippen molar-refractivity contribution < 1.29 is 35.9 Å². The summed E-state index contributed by atoms with van der Waals surface area (Å²) in [5, 5.41) is 2.82. The van der Waals surface area contributed by atoms with Crippen molar-refractivity contribution in [3.8, 4) is 5.75 Å². The second-order valence-electron chi connectivity index (χ2n) is 9.18. The molecule has 0 aromatic heterocycles. The number of rotatable bonds is 14. The maximum Gasteiger partial charge on any atom is 0.416 e. The van der Waals surface area contributed by atoms with E-state index in [1.807, 2.05) is 6.92 Å². The molecule has 2 amide bonds. The maximum absolute atomic E-state index is 13.3. The van der Waals surface area contributed by atoms with Gasteiger partial charge in [0.1, 0.15) is 11.8 Å². The zero-order chi connectivity index (χ0) is 29.2. The number of halogens is 3. The van der Waals surface area contributed by atoms with E-state index in [1.165, 1.54) is 18.1 Å². The fourth-order valence-corrected chi connectivity index (χ4v) is 4.84. The average Bonchev–Trinajstić information content (AvgIpc) is 2.88. The highest BCUT2D eigenvalue weighted by molar-refractivity contribution is 7.92. The zero-order valence-electron chi connectivity index (χ0n) is 22.6. The first-order valence-electron chi connectivity index (χ1n) is 12.6. The number of nitrogens with zero attached hydrogens (tertiary/aromatic N) is 2. The topological polar surface area (TPSA) is 96.0 Å². The Morgan fingerprint density at radius 2 is 1.74 bits per heavy atom. The van der Waals surface area contributed by atoms with Crippen LogP contribution in [0.2, 0.25) is 0 Å². The van der Waals surface area contributed by atoms with Crippen molar-refractivity contribution >= 4 is 27.5 Å². The average molecular weight is 572 g/mol. The van der Waals surface area contributed by atoms with Crippen LogP contribution in [0.5, 0.6) is 5.75 Å². The Morgan fingerprint density at radius 3 is 2.31 bits per heavy atom. The Hall–Kier alpha value is -3.28. The van der Waals surface area contributed by atoms with Crippen molar-refractivity contribution in [1.82, 2.24) is 10.2 Å². The Bertz CT molecular complexity index is 1200. The van der Waals surface area contributed by atoms with Gasteiger partial charge in [-0.15, -0.1) is 0 Å². The highest BCUT2D eigenvalue weighted by Gasteiger charge is 2.32. The van der Waals surface area contributed by atoms with Crippen molar-refractivity contribution in [2.45, 2.75) is 58.3 Å². The molecule has 2 rings (SSSR count). The van der Waals surface area contributed by atoms with Crippen LogP contribution in [0.4, 0.5) is 18.9 Å². The molecule has 0 spiro atoms. The van der Waals surface area contributed by atoms with Gasteiger partial charge in [-0.2, -0.15) is 13.2 Å². The number of nitrogens with one attached hydrogen (secondary N) is 1. The number of hydrogen-bond acceptors (Lipinski definition) is 5. The molecule has 2 aromatic carbocycles. The summed E-state index contributed by atoms with van der Waals surface area (Å²) in [5.41, 5.74) is -0.351. The van der Waals surface area contributed by atoms with Gasteiger partial charge in [0, 0.05) is 26.1 Å². The minimum absolute atomic E-state index is 0.0332. The number of amides is 2. The molecule has 0 fully saturated rings. The van der Waals surface area contributed by atoms with Crippen LogP contribution in [-0.2, 0) is 32.3 Å². The lowest BCUT2D eigenvalue weighted by molar-refractivity contribution is -0.140. The summed E-state index contributed by atoms with van der Waals surface area (Å²) in [6, 6.07) is 10.3. The van der Waals surface area contributed by atoms with E-state index < -0.39 is 27.8 Å². The van der Waals surface area contributed by atoms with E-state index in [0.29, 0.717) is 12.3 Å². The monoisotopic (exact) mass is 571 g/mol. The molecule has 1 N–H and O–H groups in total. The molecule has 0 bridgehead atoms. The number of ether oxygens (including phenoxy) is 1. The first-order valence-corrected chi connectivity index (χ1v) is 14.5. The molecule has 0 heterocycles. The Balaban J connectivity index is 2.20. The standard InChI is InChI=1S/C27H36F3N3O5S/c1-5-6-16-31-26(35)20(2)32(19-21-12-14-24(38-3)15-13-21)25(34)11-8-17-33(39(4,36)37)23-10-7-9-22(18-23)27(28,29)30/h7,9-10,12-15,18,20H,5-6,8,11,16-17,19H2,1-4H3,(H,31,35)/t20-/m0/s1. The predicted molar refractivity (Wildman–Crippen MR) is 144 cm³/mol. The van der Waals surface area contributed by atoms with Crippen LogP contribution in [0.25, 0.3) is 0 Å². The van der Waals surface area contributed by atoms with Crippen molar-refractivity contribution in [1.29, 1.82) is 0 Å². The van der Waals surface area contributed by atoms with Gasteiger partial charge in [0.25, 0.3) is 0 Å². The number of benzene rings is 2. The number of hydrogen-bond donors (Lipinski definition) is 1. The number of carbonyl (C=O) groups excluding carboxylic acids is 2. The molecule has 12 heteroatoms. The molecule has 0 aliphatic heterocycles. The van der Waals surface area contributed by atoms with Gasteiger partial charge >= 0.3 is 6.18 Å². The summed E-state index contributed by atoms with van der Waals surface area (Å²) >= 11 is 0. The van der Waals surface area contributed by atoms with Crippen LogP contribution in [-0.4, -0.2) is 57.6 Å². The fourth-order valence-electron chi connectivity index (χ4n) is 3.89. The predicted octanol–water partition coefficient (Wildman–Crippen LogP) is 4.59. The van der Waals surface area contributed by atoms with E-state index in [1.54, 1.807) is 31.2 Å². The molecule has 0 unspecified atom stereocenters. The molecule has 1 atom stereocenters. The third-order valence-corrected chi connectivity index (χ3v) is 7.32. The summed E-state index contributed by atoms with van der Waals surface area (Å²) < 4.78 is 70.4. The van der Waals surface area contributed by atoms with E-state index in [2.05, 4.69) is 5.32 Å². The lowest BCUT2D eigenvalue weighted by atomic mass is 10.1. The molecule has 2 aromatic rings. The Morgan fingerprint density at radius 1 is 1.08 bits per heavy atom. The summed E-state index contributed by atoms with van der Waals surface area (Å²) in [6.45, 7) is 4.01. The molecule has 8 nitrogen and oxygen atoms in total. The molecule has 0 radical (unpaired) electrons. The van der Waals surface area contributed by atoms with Crippen LogP contribution in [0.15, 0.2) is 48.5 Å². The number of unbranched alkanes of at least 4 members (excludes halogenated alkanes) is 1. The van der Waals surface area contributed by atoms with E-state index in [0.717, 1.165) is 47.2 Å². The summed E-state index contributed by atoms with van der Waals surface area (Å²) in [4.78, 5) is 27.5. The molecular weight excluding hydrogens is 535 g/mol. The third kappa shape index (κ3) is 9.76. The van der Waals surface area contributed by atoms with Gasteiger partial charge in [-0.25, -0.2) is 8.42 Å². The van der Waals surface area contributed by atoms with Gasteiger partial charge in [0.05, 0.1) is 24.6 Å². The first kappa shape index (κ1) is 31.9. The highest BCUT2D eigenvalue weighted by Crippen LogP contribution is 2.32. The van der Waals surface area contributed by atoms with Crippen molar-refractivity contribution in [2.75, 3.05) is 30.8 Å². The smallest absolute Gasteiger partial charge is 0.416 e. The molecular formula is C27H36F3N3O5S. The van der Waals surface area contributed by atoms with Crippen LogP contribution >= 0.6 is 0 Å². The molecule has 0 saturated heterocycles. The number of sulfonamides is 1. The SMILES string of the molecule is CCCCNC(=O)[C@H](C)N(Cc1ccc(OC)cc1)C(=O)CCCN(c1cccc(C(F)(F)F)c1)S(C)(=O)=O. The van der Waals surface area contributed by atoms with Crippen LogP contribution in [0.3, 0.4) is 0 Å². The summed E-state index contributed by atoms with van der Waals surface area (Å²) in [5.74, 6) is -0.0639. The largest absolute Gasteiger partial charge is 0.497 e. The number of methoxy groups -OCH3 is 1. The molecule has 39 heavy (non-hydrogen) atoms. The van der Waals surface area contributed by atoms with Crippen molar-refractivity contribution in [3.63, 3.8) is 0 Å². The van der Waals surface area contributed by atoms with E-state index in [4.69, 9.17) is 4.74 Å². The highest BCUT2D eigenvalue weighted by atomic mass is 32.2. The van der Waals surface area contributed by atoms with Gasteiger partial charge in [0.2, 0.25) is 21.8 Å². The van der Waals surface area contributed by atoms with Gasteiger partial charge in [-0.1, -0.05) is 31.5 Å². The first-order chi connectivity index (χ1) is 18.3. The Labute approximate surface area is 228 Å². The maximum atomic E-state index is 13.3. The lowest BCUT2D eigenvalue weighted by Crippen LogP contribution is -2.48. The lowest BCUT2D eigenvalue weighted by Gasteiger charge is -2.29. The van der Waals surface area contributed by atoms with E-state index in [9.17, 15) is 31.2 Å². The minimum atomic E-state index is -4.63. The number of anilines is 1. The van der Waals surface area contributed by atoms with Crippen molar-refractivity contribution in [2.24, 2.45) is 0 Å².